The van der Waals surface area contributed by atoms with Crippen LogP contribution in [0.5, 0.6) is 5.75 Å². The Balaban J connectivity index is 2.18. The fraction of sp³-hybridized carbons (Fsp3) is 0.0909. The van der Waals surface area contributed by atoms with E-state index >= 15 is 0 Å². The average molecular weight is 232 g/mol. The standard InChI is InChI=1S/C11H12N4O2/c1-15-5-4-10(14-15)11(17)13-9-3-2-7(16)6-8(9)12/h2-6,16H,12H2,1H3,(H,13,17). The molecule has 0 radical (unpaired) electrons. The summed E-state index contributed by atoms with van der Waals surface area (Å²) < 4.78 is 1.54. The largest absolute Gasteiger partial charge is 0.508 e. The van der Waals surface area contributed by atoms with E-state index in [4.69, 9.17) is 5.73 Å². The van der Waals surface area contributed by atoms with Gasteiger partial charge in [-0.3, -0.25) is 9.48 Å². The van der Waals surface area contributed by atoms with Crippen LogP contribution in [0.2, 0.25) is 0 Å². The molecule has 88 valence electrons. The van der Waals surface area contributed by atoms with E-state index < -0.39 is 0 Å². The predicted octanol–water partition coefficient (Wildman–Crippen LogP) is 0.960. The van der Waals surface area contributed by atoms with Crippen LogP contribution in [-0.4, -0.2) is 20.8 Å². The molecule has 0 aliphatic heterocycles. The highest BCUT2D eigenvalue weighted by molar-refractivity contribution is 6.04. The predicted molar refractivity (Wildman–Crippen MR) is 63.7 cm³/mol. The summed E-state index contributed by atoms with van der Waals surface area (Å²) in [5, 5.41) is 15.8. The van der Waals surface area contributed by atoms with Crippen molar-refractivity contribution in [1.29, 1.82) is 0 Å². The molecular weight excluding hydrogens is 220 g/mol. The summed E-state index contributed by atoms with van der Waals surface area (Å²) in [5.74, 6) is -0.290. The minimum Gasteiger partial charge on any atom is -0.508 e. The summed E-state index contributed by atoms with van der Waals surface area (Å²) in [5.41, 5.74) is 6.70. The number of aromatic nitrogens is 2. The minimum atomic E-state index is -0.344. The first-order valence-electron chi connectivity index (χ1n) is 4.96. The van der Waals surface area contributed by atoms with Gasteiger partial charge in [0.15, 0.2) is 5.69 Å². The quantitative estimate of drug-likeness (QED) is 0.531. The topological polar surface area (TPSA) is 93.2 Å². The number of amides is 1. The number of aryl methyl sites for hydroxylation is 1. The summed E-state index contributed by atoms with van der Waals surface area (Å²) in [6.07, 6.45) is 1.68. The van der Waals surface area contributed by atoms with Gasteiger partial charge < -0.3 is 16.2 Å². The second kappa shape index (κ2) is 4.17. The maximum atomic E-state index is 11.8. The number of nitrogens with one attached hydrogen (secondary N) is 1. The summed E-state index contributed by atoms with van der Waals surface area (Å²) in [4.78, 5) is 11.8. The van der Waals surface area contributed by atoms with Gasteiger partial charge in [0, 0.05) is 19.3 Å². The highest BCUT2D eigenvalue weighted by Crippen LogP contribution is 2.23. The van der Waals surface area contributed by atoms with Crippen LogP contribution in [0, 0.1) is 0 Å². The van der Waals surface area contributed by atoms with Gasteiger partial charge >= 0.3 is 0 Å². The Morgan fingerprint density at radius 1 is 1.47 bits per heavy atom. The first-order valence-corrected chi connectivity index (χ1v) is 4.96. The van der Waals surface area contributed by atoms with Crippen molar-refractivity contribution in [3.8, 4) is 5.75 Å². The van der Waals surface area contributed by atoms with Gasteiger partial charge in [-0.25, -0.2) is 0 Å². The van der Waals surface area contributed by atoms with Crippen molar-refractivity contribution in [3.63, 3.8) is 0 Å². The Bertz CT molecular complexity index is 562. The van der Waals surface area contributed by atoms with Crippen molar-refractivity contribution in [2.45, 2.75) is 0 Å². The van der Waals surface area contributed by atoms with Crippen LogP contribution >= 0.6 is 0 Å². The van der Waals surface area contributed by atoms with Crippen LogP contribution in [0.4, 0.5) is 11.4 Å². The molecule has 4 N–H and O–H groups in total. The molecule has 0 unspecified atom stereocenters. The van der Waals surface area contributed by atoms with Gasteiger partial charge in [0.2, 0.25) is 0 Å². The van der Waals surface area contributed by atoms with Gasteiger partial charge in [-0.05, 0) is 18.2 Å². The van der Waals surface area contributed by atoms with Crippen LogP contribution in [0.3, 0.4) is 0 Å². The zero-order chi connectivity index (χ0) is 12.4. The lowest BCUT2D eigenvalue weighted by Gasteiger charge is -2.06. The highest BCUT2D eigenvalue weighted by Gasteiger charge is 2.10. The lowest BCUT2D eigenvalue weighted by Crippen LogP contribution is -2.14. The molecule has 1 heterocycles. The van der Waals surface area contributed by atoms with E-state index in [1.165, 1.54) is 22.9 Å². The lowest BCUT2D eigenvalue weighted by atomic mass is 10.2. The highest BCUT2D eigenvalue weighted by atomic mass is 16.3. The van der Waals surface area contributed by atoms with Crippen LogP contribution in [0.25, 0.3) is 0 Å². The number of phenolic OH excluding ortho intramolecular Hbond substituents is 1. The van der Waals surface area contributed by atoms with Gasteiger partial charge in [-0.2, -0.15) is 5.10 Å². The Labute approximate surface area is 97.7 Å². The van der Waals surface area contributed by atoms with Gasteiger partial charge in [0.05, 0.1) is 11.4 Å². The summed E-state index contributed by atoms with van der Waals surface area (Å²) in [7, 11) is 1.73. The second-order valence-electron chi connectivity index (χ2n) is 3.60. The Kier molecular flexibility index (Phi) is 2.70. The van der Waals surface area contributed by atoms with Crippen molar-refractivity contribution in [2.24, 2.45) is 7.05 Å². The average Bonchev–Trinajstić information content (AvgIpc) is 2.69. The number of anilines is 2. The van der Waals surface area contributed by atoms with E-state index in [0.29, 0.717) is 17.1 Å². The zero-order valence-corrected chi connectivity index (χ0v) is 9.21. The Hall–Kier alpha value is -2.50. The molecule has 2 rings (SSSR count). The molecule has 0 saturated carbocycles. The van der Waals surface area contributed by atoms with Crippen molar-refractivity contribution < 1.29 is 9.90 Å². The number of hydrogen-bond donors (Lipinski definition) is 3. The number of carbonyl (C=O) groups excluding carboxylic acids is 1. The van der Waals surface area contributed by atoms with E-state index in [1.54, 1.807) is 19.3 Å². The summed E-state index contributed by atoms with van der Waals surface area (Å²) >= 11 is 0. The third-order valence-electron chi connectivity index (χ3n) is 2.23. The van der Waals surface area contributed by atoms with Gasteiger partial charge in [-0.1, -0.05) is 0 Å². The fourth-order valence-electron chi connectivity index (χ4n) is 1.39. The molecule has 0 bridgehead atoms. The molecule has 0 saturated heterocycles. The number of nitrogens with zero attached hydrogens (tertiary/aromatic N) is 2. The Morgan fingerprint density at radius 3 is 2.82 bits per heavy atom. The van der Waals surface area contributed by atoms with Crippen LogP contribution in [-0.2, 0) is 7.05 Å². The molecular formula is C11H12N4O2. The molecule has 2 aromatic rings. The monoisotopic (exact) mass is 232 g/mol. The van der Waals surface area contributed by atoms with Crippen molar-refractivity contribution >= 4 is 17.3 Å². The number of nitrogen functional groups attached to an aromatic ring is 1. The third kappa shape index (κ3) is 2.36. The normalized spacial score (nSPS) is 10.2. The van der Waals surface area contributed by atoms with Gasteiger partial charge in [0.1, 0.15) is 5.75 Å². The molecule has 0 spiro atoms. The number of hydrogen-bond acceptors (Lipinski definition) is 4. The van der Waals surface area contributed by atoms with E-state index in [2.05, 4.69) is 10.4 Å². The number of phenols is 1. The number of nitrogens with two attached hydrogens (primary N) is 1. The zero-order valence-electron chi connectivity index (χ0n) is 9.21. The SMILES string of the molecule is Cn1ccc(C(=O)Nc2ccc(O)cc2N)n1. The van der Waals surface area contributed by atoms with Crippen LogP contribution < -0.4 is 11.1 Å². The third-order valence-corrected chi connectivity index (χ3v) is 2.23. The molecule has 0 atom stereocenters. The maximum Gasteiger partial charge on any atom is 0.276 e. The summed E-state index contributed by atoms with van der Waals surface area (Å²) in [6, 6.07) is 5.95. The molecule has 1 aromatic heterocycles. The molecule has 0 aliphatic rings. The molecule has 0 aliphatic carbocycles. The Morgan fingerprint density at radius 2 is 2.24 bits per heavy atom. The van der Waals surface area contributed by atoms with Crippen molar-refractivity contribution in [3.05, 3.63) is 36.2 Å². The lowest BCUT2D eigenvalue weighted by molar-refractivity contribution is 0.102. The van der Waals surface area contributed by atoms with Crippen molar-refractivity contribution in [1.82, 2.24) is 9.78 Å². The first kappa shape index (κ1) is 11.0. The van der Waals surface area contributed by atoms with Gasteiger partial charge in [-0.15, -0.1) is 0 Å². The molecule has 6 heteroatoms. The van der Waals surface area contributed by atoms with Gasteiger partial charge in [0.25, 0.3) is 5.91 Å². The number of aromatic hydroxyl groups is 1. The first-order chi connectivity index (χ1) is 8.06. The number of carbonyl (C=O) groups is 1. The second-order valence-corrected chi connectivity index (χ2v) is 3.60. The van der Waals surface area contributed by atoms with Crippen LogP contribution in [0.15, 0.2) is 30.5 Å². The van der Waals surface area contributed by atoms with E-state index in [-0.39, 0.29) is 11.7 Å². The van der Waals surface area contributed by atoms with Crippen LogP contribution in [0.1, 0.15) is 10.5 Å². The molecule has 1 amide bonds. The molecule has 17 heavy (non-hydrogen) atoms. The maximum absolute atomic E-state index is 11.8. The summed E-state index contributed by atoms with van der Waals surface area (Å²) in [6.45, 7) is 0. The molecule has 1 aromatic carbocycles. The van der Waals surface area contributed by atoms with E-state index in [9.17, 15) is 9.90 Å². The molecule has 0 fully saturated rings. The minimum absolute atomic E-state index is 0.0540. The fourth-order valence-corrected chi connectivity index (χ4v) is 1.39. The number of benzene rings is 1. The molecule has 6 nitrogen and oxygen atoms in total. The van der Waals surface area contributed by atoms with E-state index in [1.807, 2.05) is 0 Å². The van der Waals surface area contributed by atoms with Crippen molar-refractivity contribution in [2.75, 3.05) is 11.1 Å². The van der Waals surface area contributed by atoms with E-state index in [0.717, 1.165) is 0 Å². The number of rotatable bonds is 2. The smallest absolute Gasteiger partial charge is 0.276 e.